The van der Waals surface area contributed by atoms with Crippen molar-refractivity contribution in [1.29, 1.82) is 0 Å². The number of hydrogen-bond acceptors (Lipinski definition) is 6. The molecule has 6 N–H and O–H groups in total. The van der Waals surface area contributed by atoms with Crippen molar-refractivity contribution in [3.05, 3.63) is 29.6 Å². The Kier molecular flexibility index (Phi) is 7.34. The third-order valence-corrected chi connectivity index (χ3v) is 7.95. The molecule has 0 aromatic carbocycles. The number of pyridine rings is 1. The standard InChI is InChI=1S/C12H20N2O7P2S/c1-9(15)24-7-3-2-4-10-5-6-14-11(8-10)12(13,22(16,17)18)23(19,20)21/h5-6,8H,2-4,7,13H2,1H3,(H2,16,17,18)(H2,19,20,21). The van der Waals surface area contributed by atoms with Gasteiger partial charge in [0.05, 0.1) is 5.69 Å². The summed E-state index contributed by atoms with van der Waals surface area (Å²) in [5.41, 5.74) is 5.45. The Hall–Kier alpha value is -0.570. The minimum atomic E-state index is -5.39. The summed E-state index contributed by atoms with van der Waals surface area (Å²) >= 11 is 1.20. The lowest BCUT2D eigenvalue weighted by Gasteiger charge is -2.30. The predicted molar refractivity (Wildman–Crippen MR) is 90.3 cm³/mol. The number of rotatable bonds is 8. The van der Waals surface area contributed by atoms with Crippen LogP contribution in [-0.4, -0.2) is 35.4 Å². The predicted octanol–water partition coefficient (Wildman–Crippen LogP) is 1.11. The molecule has 1 aromatic rings. The molecule has 0 aliphatic carbocycles. The van der Waals surface area contributed by atoms with Gasteiger partial charge in [-0.05, 0) is 37.0 Å². The van der Waals surface area contributed by atoms with E-state index < -0.39 is 25.9 Å². The minimum Gasteiger partial charge on any atom is -0.322 e. The van der Waals surface area contributed by atoms with Crippen LogP contribution in [0.25, 0.3) is 0 Å². The van der Waals surface area contributed by atoms with E-state index in [4.69, 9.17) is 5.73 Å². The summed E-state index contributed by atoms with van der Waals surface area (Å²) < 4.78 is 23.2. The molecular formula is C12H20N2O7P2S. The first-order valence-corrected chi connectivity index (χ1v) is 11.1. The van der Waals surface area contributed by atoms with E-state index in [1.54, 1.807) is 6.07 Å². The summed E-state index contributed by atoms with van der Waals surface area (Å²) in [6.07, 6.45) is 3.12. The van der Waals surface area contributed by atoms with Crippen molar-refractivity contribution >= 4 is 32.1 Å². The number of carbonyl (C=O) groups is 1. The molecule has 1 aromatic heterocycles. The van der Waals surface area contributed by atoms with Crippen molar-refractivity contribution in [2.24, 2.45) is 5.73 Å². The summed E-state index contributed by atoms with van der Waals surface area (Å²) in [6, 6.07) is 2.76. The van der Waals surface area contributed by atoms with Crippen LogP contribution in [0.1, 0.15) is 31.0 Å². The number of thioether (sulfide) groups is 1. The SMILES string of the molecule is CC(=O)SCCCCc1ccnc(C(N)(P(=O)(O)O)P(=O)(O)O)c1. The fourth-order valence-corrected chi connectivity index (χ4v) is 4.78. The normalized spacial score (nSPS) is 13.1. The van der Waals surface area contributed by atoms with Crippen LogP contribution in [0.15, 0.2) is 18.3 Å². The fraction of sp³-hybridized carbons (Fsp3) is 0.500. The highest BCUT2D eigenvalue weighted by Crippen LogP contribution is 2.70. The monoisotopic (exact) mass is 398 g/mol. The zero-order valence-corrected chi connectivity index (χ0v) is 15.5. The highest BCUT2D eigenvalue weighted by atomic mass is 32.2. The third-order valence-electron chi connectivity index (χ3n) is 3.25. The zero-order valence-electron chi connectivity index (χ0n) is 12.9. The highest BCUT2D eigenvalue weighted by molar-refractivity contribution is 8.13. The Morgan fingerprint density at radius 1 is 1.25 bits per heavy atom. The Labute approximate surface area is 143 Å². The maximum atomic E-state index is 11.6. The van der Waals surface area contributed by atoms with Gasteiger partial charge in [-0.2, -0.15) is 0 Å². The molecule has 136 valence electrons. The molecular weight excluding hydrogens is 378 g/mol. The maximum absolute atomic E-state index is 11.6. The Morgan fingerprint density at radius 3 is 2.33 bits per heavy atom. The first-order chi connectivity index (χ1) is 10.9. The molecule has 0 radical (unpaired) electrons. The molecule has 0 bridgehead atoms. The summed E-state index contributed by atoms with van der Waals surface area (Å²) in [5.74, 6) is 0.652. The van der Waals surface area contributed by atoms with E-state index in [9.17, 15) is 33.5 Å². The van der Waals surface area contributed by atoms with Crippen molar-refractivity contribution in [2.45, 2.75) is 31.2 Å². The van der Waals surface area contributed by atoms with Gasteiger partial charge in [0.2, 0.25) is 0 Å². The van der Waals surface area contributed by atoms with Crippen LogP contribution in [0, 0.1) is 0 Å². The van der Waals surface area contributed by atoms with E-state index in [0.717, 1.165) is 6.42 Å². The van der Waals surface area contributed by atoms with Crippen molar-refractivity contribution < 1.29 is 33.5 Å². The number of nitrogens with zero attached hydrogens (tertiary/aromatic N) is 1. The van der Waals surface area contributed by atoms with Crippen LogP contribution in [0.2, 0.25) is 0 Å². The van der Waals surface area contributed by atoms with Crippen LogP contribution in [0.5, 0.6) is 0 Å². The summed E-state index contributed by atoms with van der Waals surface area (Å²) in [6.45, 7) is 1.48. The van der Waals surface area contributed by atoms with E-state index in [1.807, 2.05) is 0 Å². The molecule has 1 rings (SSSR count). The molecule has 0 saturated carbocycles. The largest absolute Gasteiger partial charge is 0.363 e. The number of hydrogen-bond donors (Lipinski definition) is 5. The van der Waals surface area contributed by atoms with E-state index >= 15 is 0 Å². The van der Waals surface area contributed by atoms with Crippen molar-refractivity contribution in [3.8, 4) is 0 Å². The zero-order chi connectivity index (χ0) is 18.6. The second-order valence-corrected chi connectivity index (χ2v) is 10.4. The van der Waals surface area contributed by atoms with Crippen molar-refractivity contribution in [3.63, 3.8) is 0 Å². The lowest BCUT2D eigenvalue weighted by atomic mass is 10.1. The molecule has 24 heavy (non-hydrogen) atoms. The van der Waals surface area contributed by atoms with E-state index in [1.165, 1.54) is 30.9 Å². The van der Waals surface area contributed by atoms with Crippen molar-refractivity contribution in [1.82, 2.24) is 4.98 Å². The van der Waals surface area contributed by atoms with Gasteiger partial charge in [-0.15, -0.1) is 0 Å². The van der Waals surface area contributed by atoms with E-state index in [0.29, 0.717) is 24.2 Å². The third kappa shape index (κ3) is 5.21. The van der Waals surface area contributed by atoms with E-state index in [2.05, 4.69) is 4.98 Å². The fourth-order valence-electron chi connectivity index (χ4n) is 1.95. The molecule has 1 heterocycles. The maximum Gasteiger partial charge on any atom is 0.363 e. The molecule has 0 spiro atoms. The molecule has 0 fully saturated rings. The van der Waals surface area contributed by atoms with Crippen LogP contribution in [0.4, 0.5) is 0 Å². The number of nitrogens with two attached hydrogens (primary N) is 1. The lowest BCUT2D eigenvalue weighted by molar-refractivity contribution is -0.109. The minimum absolute atomic E-state index is 0.0254. The second-order valence-electron chi connectivity index (χ2n) is 5.16. The van der Waals surface area contributed by atoms with Gasteiger partial charge >= 0.3 is 15.2 Å². The lowest BCUT2D eigenvalue weighted by Crippen LogP contribution is -2.37. The number of aryl methyl sites for hydroxylation is 1. The van der Waals surface area contributed by atoms with Crippen LogP contribution >= 0.6 is 27.0 Å². The van der Waals surface area contributed by atoms with E-state index in [-0.39, 0.29) is 5.12 Å². The molecule has 0 amide bonds. The highest BCUT2D eigenvalue weighted by Gasteiger charge is 2.60. The molecule has 9 nitrogen and oxygen atoms in total. The molecule has 0 aliphatic heterocycles. The van der Waals surface area contributed by atoms with Gasteiger partial charge in [-0.25, -0.2) is 0 Å². The van der Waals surface area contributed by atoms with Gasteiger partial charge in [-0.3, -0.25) is 24.6 Å². The number of carbonyl (C=O) groups excluding carboxylic acids is 1. The van der Waals surface area contributed by atoms with Crippen LogP contribution < -0.4 is 5.73 Å². The summed E-state index contributed by atoms with van der Waals surface area (Å²) in [4.78, 5) is 51.8. The van der Waals surface area contributed by atoms with Gasteiger partial charge in [0.1, 0.15) is 0 Å². The topological polar surface area (TPSA) is 171 Å². The Bertz CT molecular complexity index is 666. The van der Waals surface area contributed by atoms with Gasteiger partial charge in [-0.1, -0.05) is 11.8 Å². The smallest absolute Gasteiger partial charge is 0.322 e. The Balaban J connectivity index is 2.96. The van der Waals surface area contributed by atoms with Gasteiger partial charge < -0.3 is 19.6 Å². The number of unbranched alkanes of at least 4 members (excludes halogenated alkanes) is 1. The molecule has 0 saturated heterocycles. The molecule has 0 atom stereocenters. The van der Waals surface area contributed by atoms with Gasteiger partial charge in [0.15, 0.2) is 5.12 Å². The van der Waals surface area contributed by atoms with Crippen molar-refractivity contribution in [2.75, 3.05) is 5.75 Å². The average Bonchev–Trinajstić information content (AvgIpc) is 2.43. The van der Waals surface area contributed by atoms with Crippen LogP contribution in [-0.2, 0) is 25.4 Å². The van der Waals surface area contributed by atoms with Gasteiger partial charge in [0.25, 0.3) is 5.02 Å². The first kappa shape index (κ1) is 21.5. The number of aromatic nitrogens is 1. The quantitative estimate of drug-likeness (QED) is 0.315. The summed E-state index contributed by atoms with van der Waals surface area (Å²) in [7, 11) is -10.8. The molecule has 0 aliphatic rings. The second kappa shape index (κ2) is 8.21. The van der Waals surface area contributed by atoms with Crippen LogP contribution in [0.3, 0.4) is 0 Å². The van der Waals surface area contributed by atoms with Gasteiger partial charge in [0, 0.05) is 18.9 Å². The molecule has 12 heteroatoms. The summed E-state index contributed by atoms with van der Waals surface area (Å²) in [5, 5.41) is -3.15. The average molecular weight is 398 g/mol. The Morgan fingerprint density at radius 2 is 1.83 bits per heavy atom. The first-order valence-electron chi connectivity index (χ1n) is 6.88. The molecule has 0 unspecified atom stereocenters.